The van der Waals surface area contributed by atoms with Crippen LogP contribution in [0.1, 0.15) is 20.8 Å². The van der Waals surface area contributed by atoms with Crippen LogP contribution in [-0.4, -0.2) is 59.0 Å². The maximum absolute atomic E-state index is 12.6. The van der Waals surface area contributed by atoms with Gasteiger partial charge in [0.1, 0.15) is 11.9 Å². The number of nitrogens with two attached hydrogens (primary N) is 1. The van der Waals surface area contributed by atoms with E-state index in [9.17, 15) is 19.7 Å². The molecule has 0 saturated heterocycles. The van der Waals surface area contributed by atoms with Crippen LogP contribution in [-0.2, 0) is 4.74 Å². The van der Waals surface area contributed by atoms with E-state index in [-0.39, 0.29) is 29.7 Å². The molecule has 12 nitrogen and oxygen atoms in total. The molecule has 0 saturated carbocycles. The number of benzene rings is 1. The zero-order valence-electron chi connectivity index (χ0n) is 17.9. The molecule has 12 heteroatoms. The van der Waals surface area contributed by atoms with Crippen molar-refractivity contribution in [2.45, 2.75) is 0 Å². The number of ether oxygens (including phenoxy) is 1. The number of carbonyl (C=O) groups is 2. The lowest BCUT2D eigenvalue weighted by Crippen LogP contribution is -2.33. The smallest absolute Gasteiger partial charge is 0.360 e. The van der Waals surface area contributed by atoms with Crippen molar-refractivity contribution in [2.75, 3.05) is 37.9 Å². The van der Waals surface area contributed by atoms with Crippen molar-refractivity contribution >= 4 is 29.1 Å². The quantitative estimate of drug-likeness (QED) is 0.292. The third-order valence-corrected chi connectivity index (χ3v) is 4.72. The Morgan fingerprint density at radius 1 is 1.27 bits per heavy atom. The van der Waals surface area contributed by atoms with Crippen molar-refractivity contribution in [3.63, 3.8) is 0 Å². The molecule has 0 aliphatic carbocycles. The van der Waals surface area contributed by atoms with Crippen molar-refractivity contribution in [3.8, 4) is 11.3 Å². The van der Waals surface area contributed by atoms with E-state index in [1.807, 2.05) is 0 Å². The number of nitrogen functional groups attached to an aromatic ring is 1. The fourth-order valence-corrected chi connectivity index (χ4v) is 3.01. The Kier molecular flexibility index (Phi) is 7.08. The van der Waals surface area contributed by atoms with Gasteiger partial charge in [-0.15, -0.1) is 0 Å². The number of nitro groups is 1. The Labute approximate surface area is 188 Å². The summed E-state index contributed by atoms with van der Waals surface area (Å²) in [5.41, 5.74) is 7.13. The highest BCUT2D eigenvalue weighted by atomic mass is 16.6. The number of anilines is 2. The minimum atomic E-state index is -0.714. The van der Waals surface area contributed by atoms with Crippen molar-refractivity contribution in [3.05, 3.63) is 70.3 Å². The number of esters is 1. The second-order valence-corrected chi connectivity index (χ2v) is 6.86. The summed E-state index contributed by atoms with van der Waals surface area (Å²) in [4.78, 5) is 48.7. The summed E-state index contributed by atoms with van der Waals surface area (Å²) in [7, 11) is 2.90. The van der Waals surface area contributed by atoms with Gasteiger partial charge in [-0.2, -0.15) is 0 Å². The highest BCUT2D eigenvalue weighted by Crippen LogP contribution is 2.25. The molecule has 0 bridgehead atoms. The molecular formula is C21H21N7O5. The average molecular weight is 451 g/mol. The molecule has 3 aromatic rings. The Hall–Kier alpha value is -4.61. The van der Waals surface area contributed by atoms with E-state index in [0.717, 1.165) is 0 Å². The van der Waals surface area contributed by atoms with Gasteiger partial charge in [0.15, 0.2) is 11.5 Å². The van der Waals surface area contributed by atoms with E-state index >= 15 is 0 Å². The number of hydrogen-bond donors (Lipinski definition) is 2. The molecular weight excluding hydrogens is 430 g/mol. The van der Waals surface area contributed by atoms with Gasteiger partial charge in [-0.25, -0.2) is 14.8 Å². The lowest BCUT2D eigenvalue weighted by atomic mass is 10.1. The van der Waals surface area contributed by atoms with Crippen LogP contribution in [0.5, 0.6) is 0 Å². The van der Waals surface area contributed by atoms with E-state index in [0.29, 0.717) is 29.1 Å². The number of nitrogens with zero attached hydrogens (tertiary/aromatic N) is 5. The number of pyridine rings is 1. The molecule has 0 atom stereocenters. The van der Waals surface area contributed by atoms with Gasteiger partial charge >= 0.3 is 11.7 Å². The zero-order valence-corrected chi connectivity index (χ0v) is 17.9. The van der Waals surface area contributed by atoms with Crippen LogP contribution in [0.2, 0.25) is 0 Å². The molecule has 0 fully saturated rings. The van der Waals surface area contributed by atoms with Gasteiger partial charge in [-0.1, -0.05) is 12.1 Å². The minimum absolute atomic E-state index is 0.0574. The molecule has 0 aliphatic heterocycles. The van der Waals surface area contributed by atoms with Crippen LogP contribution in [0.25, 0.3) is 11.3 Å². The summed E-state index contributed by atoms with van der Waals surface area (Å²) >= 11 is 0. The fourth-order valence-electron chi connectivity index (χ4n) is 3.01. The first-order valence-corrected chi connectivity index (χ1v) is 9.70. The van der Waals surface area contributed by atoms with E-state index in [1.54, 1.807) is 42.3 Å². The number of hydrogen-bond acceptors (Lipinski definition) is 10. The number of aromatic nitrogens is 3. The molecule has 0 spiro atoms. The second-order valence-electron chi connectivity index (χ2n) is 6.86. The highest BCUT2D eigenvalue weighted by molar-refractivity contribution is 5.95. The first-order chi connectivity index (χ1) is 15.8. The molecule has 33 heavy (non-hydrogen) atoms. The molecule has 0 radical (unpaired) electrons. The van der Waals surface area contributed by atoms with Gasteiger partial charge in [0.25, 0.3) is 5.91 Å². The van der Waals surface area contributed by atoms with Gasteiger partial charge in [-0.3, -0.25) is 19.9 Å². The largest absolute Gasteiger partial charge is 0.464 e. The third-order valence-electron chi connectivity index (χ3n) is 4.72. The van der Waals surface area contributed by atoms with Crippen molar-refractivity contribution in [2.24, 2.45) is 0 Å². The number of amides is 1. The van der Waals surface area contributed by atoms with Crippen molar-refractivity contribution < 1.29 is 19.2 Å². The standard InChI is InChI=1S/C21H21N7O5/c1-27(16-6-7-23-12-17(16)28(31)32)9-8-24-20(29)14-5-3-4-13(10-14)15-11-25-19(22)18(26-15)21(30)33-2/h3-7,10-12H,8-9H2,1-2H3,(H2,22,25)(H,24,29). The maximum Gasteiger partial charge on any atom is 0.360 e. The second kappa shape index (κ2) is 10.1. The summed E-state index contributed by atoms with van der Waals surface area (Å²) < 4.78 is 4.66. The molecule has 1 aromatic carbocycles. The summed E-state index contributed by atoms with van der Waals surface area (Å²) in [5.74, 6) is -1.11. The predicted octanol–water partition coefficient (Wildman–Crippen LogP) is 1.68. The lowest BCUT2D eigenvalue weighted by molar-refractivity contribution is -0.384. The first kappa shape index (κ1) is 23.1. The van der Waals surface area contributed by atoms with E-state index < -0.39 is 10.9 Å². The number of carbonyl (C=O) groups excluding carboxylic acids is 2. The van der Waals surface area contributed by atoms with Crippen LogP contribution in [0.3, 0.4) is 0 Å². The minimum Gasteiger partial charge on any atom is -0.464 e. The molecule has 3 N–H and O–H groups in total. The average Bonchev–Trinajstić information content (AvgIpc) is 2.83. The summed E-state index contributed by atoms with van der Waals surface area (Å²) in [6, 6.07) is 8.16. The summed E-state index contributed by atoms with van der Waals surface area (Å²) in [6.07, 6.45) is 4.05. The SMILES string of the molecule is COC(=O)c1nc(-c2cccc(C(=O)NCCN(C)c3ccncc3[N+](=O)[O-])c2)cnc1N. The van der Waals surface area contributed by atoms with Gasteiger partial charge in [0, 0.05) is 37.5 Å². The van der Waals surface area contributed by atoms with Gasteiger partial charge in [0.2, 0.25) is 0 Å². The van der Waals surface area contributed by atoms with Crippen molar-refractivity contribution in [1.29, 1.82) is 0 Å². The normalized spacial score (nSPS) is 10.4. The molecule has 1 amide bonds. The Bertz CT molecular complexity index is 1200. The molecule has 2 aromatic heterocycles. The highest BCUT2D eigenvalue weighted by Gasteiger charge is 2.18. The molecule has 0 aliphatic rings. The maximum atomic E-state index is 12.6. The van der Waals surface area contributed by atoms with Crippen LogP contribution in [0.4, 0.5) is 17.2 Å². The number of nitrogens with one attached hydrogen (secondary N) is 1. The fraction of sp³-hybridized carbons (Fsp3) is 0.190. The van der Waals surface area contributed by atoms with Gasteiger partial charge in [0.05, 0.1) is 23.9 Å². The Morgan fingerprint density at radius 2 is 2.06 bits per heavy atom. The first-order valence-electron chi connectivity index (χ1n) is 9.70. The molecule has 0 unspecified atom stereocenters. The topological polar surface area (TPSA) is 166 Å². The van der Waals surface area contributed by atoms with Crippen LogP contribution < -0.4 is 16.0 Å². The summed E-state index contributed by atoms with van der Waals surface area (Å²) in [6.45, 7) is 0.579. The van der Waals surface area contributed by atoms with E-state index in [2.05, 4.69) is 25.0 Å². The van der Waals surface area contributed by atoms with Gasteiger partial charge < -0.3 is 20.7 Å². The van der Waals surface area contributed by atoms with Crippen LogP contribution in [0, 0.1) is 10.1 Å². The molecule has 2 heterocycles. The van der Waals surface area contributed by atoms with Crippen LogP contribution in [0.15, 0.2) is 48.9 Å². The number of rotatable bonds is 8. The zero-order chi connectivity index (χ0) is 24.0. The molecule has 3 rings (SSSR count). The number of methoxy groups -OCH3 is 1. The van der Waals surface area contributed by atoms with E-state index in [1.165, 1.54) is 25.7 Å². The Balaban J connectivity index is 1.68. The van der Waals surface area contributed by atoms with Gasteiger partial charge in [-0.05, 0) is 18.2 Å². The van der Waals surface area contributed by atoms with Crippen molar-refractivity contribution in [1.82, 2.24) is 20.3 Å². The molecule has 170 valence electrons. The lowest BCUT2D eigenvalue weighted by Gasteiger charge is -2.19. The monoisotopic (exact) mass is 451 g/mol. The Morgan fingerprint density at radius 3 is 2.79 bits per heavy atom. The predicted molar refractivity (Wildman–Crippen MR) is 120 cm³/mol. The third kappa shape index (κ3) is 5.36. The number of likely N-dealkylation sites (N-methyl/N-ethyl adjacent to an activating group) is 1. The van der Waals surface area contributed by atoms with E-state index in [4.69, 9.17) is 5.73 Å². The van der Waals surface area contributed by atoms with Crippen LogP contribution >= 0.6 is 0 Å². The summed E-state index contributed by atoms with van der Waals surface area (Å²) in [5, 5.41) is 13.9.